The maximum absolute atomic E-state index is 11.5. The first-order valence-electron chi connectivity index (χ1n) is 6.81. The summed E-state index contributed by atoms with van der Waals surface area (Å²) in [5.74, 6) is 1.35. The Bertz CT molecular complexity index is 231. The number of nitrogens with zero attached hydrogens (tertiary/aromatic N) is 1. The van der Waals surface area contributed by atoms with Crippen molar-refractivity contribution in [2.45, 2.75) is 27.2 Å². The van der Waals surface area contributed by atoms with Gasteiger partial charge in [0.15, 0.2) is 0 Å². The highest BCUT2D eigenvalue weighted by Gasteiger charge is 2.20. The van der Waals surface area contributed by atoms with Gasteiger partial charge in [0.25, 0.3) is 0 Å². The summed E-state index contributed by atoms with van der Waals surface area (Å²) >= 11 is 0. The Morgan fingerprint density at radius 1 is 1.47 bits per heavy atom. The second kappa shape index (κ2) is 7.67. The smallest absolute Gasteiger partial charge is 0.233 e. The van der Waals surface area contributed by atoms with Crippen molar-refractivity contribution >= 4 is 5.91 Å². The number of hydrogen-bond donors (Lipinski definition) is 2. The standard InChI is InChI=1S/C13H27N3O/c1-4-16-6-5-12(10-16)8-14-9-13(17)15-7-11(2)3/h11-12,14H,4-10H2,1-3H3,(H,15,17). The lowest BCUT2D eigenvalue weighted by Crippen LogP contribution is -2.37. The summed E-state index contributed by atoms with van der Waals surface area (Å²) in [6.07, 6.45) is 1.26. The largest absolute Gasteiger partial charge is 0.355 e. The average molecular weight is 241 g/mol. The third kappa shape index (κ3) is 6.03. The van der Waals surface area contributed by atoms with Gasteiger partial charge in [0.05, 0.1) is 6.54 Å². The SMILES string of the molecule is CCN1CCC(CNCC(=O)NCC(C)C)C1. The average Bonchev–Trinajstić information content (AvgIpc) is 2.74. The predicted molar refractivity (Wildman–Crippen MR) is 70.9 cm³/mol. The number of amides is 1. The molecule has 1 atom stereocenters. The Kier molecular flexibility index (Phi) is 6.52. The summed E-state index contributed by atoms with van der Waals surface area (Å²) in [6, 6.07) is 0. The van der Waals surface area contributed by atoms with Gasteiger partial charge in [-0.2, -0.15) is 0 Å². The highest BCUT2D eigenvalue weighted by Crippen LogP contribution is 2.14. The summed E-state index contributed by atoms with van der Waals surface area (Å²) in [5.41, 5.74) is 0. The van der Waals surface area contributed by atoms with Gasteiger partial charge in [-0.05, 0) is 37.9 Å². The quantitative estimate of drug-likeness (QED) is 0.689. The van der Waals surface area contributed by atoms with E-state index in [1.165, 1.54) is 19.5 Å². The zero-order valence-electron chi connectivity index (χ0n) is 11.5. The van der Waals surface area contributed by atoms with Crippen LogP contribution in [0.3, 0.4) is 0 Å². The molecule has 1 fully saturated rings. The molecule has 0 spiro atoms. The van der Waals surface area contributed by atoms with Crippen LogP contribution < -0.4 is 10.6 Å². The minimum atomic E-state index is 0.115. The minimum absolute atomic E-state index is 0.115. The second-order valence-corrected chi connectivity index (χ2v) is 5.38. The molecule has 0 saturated carbocycles. The fraction of sp³-hybridized carbons (Fsp3) is 0.923. The van der Waals surface area contributed by atoms with Crippen LogP contribution in [0.4, 0.5) is 0 Å². The Morgan fingerprint density at radius 3 is 2.82 bits per heavy atom. The van der Waals surface area contributed by atoms with Crippen molar-refractivity contribution in [3.8, 4) is 0 Å². The first-order chi connectivity index (χ1) is 8.11. The molecule has 4 heteroatoms. The molecule has 17 heavy (non-hydrogen) atoms. The zero-order chi connectivity index (χ0) is 12.7. The van der Waals surface area contributed by atoms with Crippen molar-refractivity contribution in [2.75, 3.05) is 39.3 Å². The predicted octanol–water partition coefficient (Wildman–Crippen LogP) is 0.690. The van der Waals surface area contributed by atoms with E-state index in [9.17, 15) is 4.79 Å². The topological polar surface area (TPSA) is 44.4 Å². The van der Waals surface area contributed by atoms with Gasteiger partial charge < -0.3 is 15.5 Å². The summed E-state index contributed by atoms with van der Waals surface area (Å²) in [6.45, 7) is 12.1. The van der Waals surface area contributed by atoms with Gasteiger partial charge in [-0.15, -0.1) is 0 Å². The molecule has 0 aromatic carbocycles. The van der Waals surface area contributed by atoms with Crippen molar-refractivity contribution < 1.29 is 4.79 Å². The molecule has 1 amide bonds. The number of nitrogens with one attached hydrogen (secondary N) is 2. The fourth-order valence-corrected chi connectivity index (χ4v) is 2.14. The van der Waals surface area contributed by atoms with Crippen molar-refractivity contribution in [1.82, 2.24) is 15.5 Å². The van der Waals surface area contributed by atoms with E-state index >= 15 is 0 Å². The van der Waals surface area contributed by atoms with Crippen LogP contribution in [-0.4, -0.2) is 50.1 Å². The van der Waals surface area contributed by atoms with Crippen LogP contribution >= 0.6 is 0 Å². The number of rotatable bonds is 7. The maximum atomic E-state index is 11.5. The lowest BCUT2D eigenvalue weighted by molar-refractivity contribution is -0.120. The summed E-state index contributed by atoms with van der Waals surface area (Å²) in [5, 5.41) is 6.17. The van der Waals surface area contributed by atoms with Crippen LogP contribution in [0.1, 0.15) is 27.2 Å². The van der Waals surface area contributed by atoms with Gasteiger partial charge in [0, 0.05) is 13.1 Å². The molecule has 1 heterocycles. The molecule has 0 aliphatic carbocycles. The molecule has 0 bridgehead atoms. The molecule has 4 nitrogen and oxygen atoms in total. The number of hydrogen-bond acceptors (Lipinski definition) is 3. The molecule has 1 unspecified atom stereocenters. The first-order valence-corrected chi connectivity index (χ1v) is 6.81. The van der Waals surface area contributed by atoms with E-state index < -0.39 is 0 Å². The van der Waals surface area contributed by atoms with Crippen molar-refractivity contribution in [2.24, 2.45) is 11.8 Å². The molecule has 1 aliphatic rings. The second-order valence-electron chi connectivity index (χ2n) is 5.38. The van der Waals surface area contributed by atoms with Crippen LogP contribution in [0.2, 0.25) is 0 Å². The number of likely N-dealkylation sites (tertiary alicyclic amines) is 1. The molecule has 0 radical (unpaired) electrons. The van der Waals surface area contributed by atoms with E-state index in [1.807, 2.05) is 0 Å². The number of carbonyl (C=O) groups excluding carboxylic acids is 1. The lowest BCUT2D eigenvalue weighted by atomic mass is 10.1. The molecular formula is C13H27N3O. The van der Waals surface area contributed by atoms with Crippen LogP contribution in [-0.2, 0) is 4.79 Å². The molecule has 1 saturated heterocycles. The fourth-order valence-electron chi connectivity index (χ4n) is 2.14. The summed E-state index contributed by atoms with van der Waals surface area (Å²) in [7, 11) is 0. The molecule has 1 rings (SSSR count). The van der Waals surface area contributed by atoms with Crippen LogP contribution in [0.25, 0.3) is 0 Å². The van der Waals surface area contributed by atoms with Gasteiger partial charge in [0.1, 0.15) is 0 Å². The van der Waals surface area contributed by atoms with E-state index in [2.05, 4.69) is 36.3 Å². The number of carbonyl (C=O) groups is 1. The van der Waals surface area contributed by atoms with E-state index in [1.54, 1.807) is 0 Å². The lowest BCUT2D eigenvalue weighted by Gasteiger charge is -2.14. The Hall–Kier alpha value is -0.610. The van der Waals surface area contributed by atoms with Gasteiger partial charge in [-0.25, -0.2) is 0 Å². The molecule has 0 aromatic heterocycles. The summed E-state index contributed by atoms with van der Waals surface area (Å²) in [4.78, 5) is 13.9. The minimum Gasteiger partial charge on any atom is -0.355 e. The Morgan fingerprint density at radius 2 is 2.24 bits per heavy atom. The highest BCUT2D eigenvalue weighted by molar-refractivity contribution is 5.77. The van der Waals surface area contributed by atoms with Gasteiger partial charge in [-0.1, -0.05) is 20.8 Å². The Balaban J connectivity index is 2.02. The van der Waals surface area contributed by atoms with Crippen LogP contribution in [0.5, 0.6) is 0 Å². The van der Waals surface area contributed by atoms with Crippen LogP contribution in [0.15, 0.2) is 0 Å². The van der Waals surface area contributed by atoms with Crippen molar-refractivity contribution in [3.63, 3.8) is 0 Å². The third-order valence-electron chi connectivity index (χ3n) is 3.24. The van der Waals surface area contributed by atoms with Crippen LogP contribution in [0, 0.1) is 11.8 Å². The molecule has 2 N–H and O–H groups in total. The normalized spacial score (nSPS) is 21.1. The van der Waals surface area contributed by atoms with Gasteiger partial charge in [0.2, 0.25) is 5.91 Å². The summed E-state index contributed by atoms with van der Waals surface area (Å²) < 4.78 is 0. The molecule has 0 aromatic rings. The van der Waals surface area contributed by atoms with E-state index in [-0.39, 0.29) is 5.91 Å². The third-order valence-corrected chi connectivity index (χ3v) is 3.24. The molecule has 100 valence electrons. The Labute approximate surface area is 105 Å². The maximum Gasteiger partial charge on any atom is 0.233 e. The molecular weight excluding hydrogens is 214 g/mol. The van der Waals surface area contributed by atoms with E-state index in [0.29, 0.717) is 18.4 Å². The monoisotopic (exact) mass is 241 g/mol. The highest BCUT2D eigenvalue weighted by atomic mass is 16.1. The van der Waals surface area contributed by atoms with Gasteiger partial charge >= 0.3 is 0 Å². The van der Waals surface area contributed by atoms with Gasteiger partial charge in [-0.3, -0.25) is 4.79 Å². The van der Waals surface area contributed by atoms with Crippen molar-refractivity contribution in [1.29, 1.82) is 0 Å². The van der Waals surface area contributed by atoms with Crippen molar-refractivity contribution in [3.05, 3.63) is 0 Å². The molecule has 1 aliphatic heterocycles. The zero-order valence-corrected chi connectivity index (χ0v) is 11.5. The van der Waals surface area contributed by atoms with E-state index in [4.69, 9.17) is 0 Å². The first kappa shape index (κ1) is 14.5. The van der Waals surface area contributed by atoms with E-state index in [0.717, 1.165) is 19.6 Å².